The Balaban J connectivity index is 2.22. The molecule has 2 atom stereocenters. The molecule has 1 rings (SSSR count). The number of hydrogen-bond donors (Lipinski definition) is 1. The second-order valence-corrected chi connectivity index (χ2v) is 5.07. The smallest absolute Gasteiger partial charge is 0.00777 e. The fraction of sp³-hybridized carbons (Fsp3) is 1.00. The molecule has 1 nitrogen and oxygen atoms in total. The van der Waals surface area contributed by atoms with Crippen LogP contribution in [0.5, 0.6) is 0 Å². The molecule has 1 fully saturated rings. The van der Waals surface area contributed by atoms with Gasteiger partial charge in [-0.3, -0.25) is 0 Å². The molecule has 11 heavy (non-hydrogen) atoms. The van der Waals surface area contributed by atoms with Crippen LogP contribution in [-0.4, -0.2) is 17.5 Å². The predicted octanol–water partition coefficient (Wildman–Crippen LogP) is 2.11. The molecule has 0 radical (unpaired) electrons. The van der Waals surface area contributed by atoms with E-state index < -0.39 is 0 Å². The lowest BCUT2D eigenvalue weighted by Crippen LogP contribution is -2.31. The van der Waals surface area contributed by atoms with Crippen molar-refractivity contribution >= 4 is 11.8 Å². The number of rotatable bonds is 3. The Kier molecular flexibility index (Phi) is 3.73. The summed E-state index contributed by atoms with van der Waals surface area (Å²) in [6.45, 7) is 4.50. The Morgan fingerprint density at radius 1 is 1.55 bits per heavy atom. The average Bonchev–Trinajstić information content (AvgIpc) is 2.35. The lowest BCUT2D eigenvalue weighted by Gasteiger charge is -2.19. The van der Waals surface area contributed by atoms with Crippen molar-refractivity contribution in [3.05, 3.63) is 0 Å². The van der Waals surface area contributed by atoms with Gasteiger partial charge in [-0.25, -0.2) is 0 Å². The van der Waals surface area contributed by atoms with E-state index in [-0.39, 0.29) is 0 Å². The van der Waals surface area contributed by atoms with Crippen molar-refractivity contribution in [2.24, 2.45) is 17.6 Å². The quantitative estimate of drug-likeness (QED) is 0.707. The van der Waals surface area contributed by atoms with Gasteiger partial charge in [0, 0.05) is 6.04 Å². The Hall–Kier alpha value is 0.310. The van der Waals surface area contributed by atoms with Gasteiger partial charge in [-0.2, -0.15) is 11.8 Å². The van der Waals surface area contributed by atoms with Crippen molar-refractivity contribution in [1.82, 2.24) is 0 Å². The molecular formula is C9H19NS. The van der Waals surface area contributed by atoms with Crippen LogP contribution in [-0.2, 0) is 0 Å². The van der Waals surface area contributed by atoms with Crippen LogP contribution >= 0.6 is 11.8 Å². The highest BCUT2D eigenvalue weighted by molar-refractivity contribution is 7.99. The molecule has 1 aliphatic heterocycles. The second-order valence-electron chi connectivity index (χ2n) is 3.92. The minimum atomic E-state index is 0.463. The van der Waals surface area contributed by atoms with Crippen LogP contribution in [0, 0.1) is 11.8 Å². The maximum Gasteiger partial charge on any atom is 0.00777 e. The van der Waals surface area contributed by atoms with E-state index in [0.29, 0.717) is 6.04 Å². The van der Waals surface area contributed by atoms with Gasteiger partial charge >= 0.3 is 0 Å². The number of thioether (sulfide) groups is 1. The van der Waals surface area contributed by atoms with Crippen LogP contribution in [0.15, 0.2) is 0 Å². The Morgan fingerprint density at radius 2 is 2.27 bits per heavy atom. The highest BCUT2D eigenvalue weighted by Gasteiger charge is 2.22. The molecule has 0 aliphatic carbocycles. The summed E-state index contributed by atoms with van der Waals surface area (Å²) in [7, 11) is 0. The van der Waals surface area contributed by atoms with Crippen LogP contribution in [0.4, 0.5) is 0 Å². The summed E-state index contributed by atoms with van der Waals surface area (Å²) < 4.78 is 0. The molecule has 0 spiro atoms. The first-order valence-corrected chi connectivity index (χ1v) is 5.69. The van der Waals surface area contributed by atoms with Gasteiger partial charge in [0.25, 0.3) is 0 Å². The standard InChI is InChI=1S/C9H19NS/c1-7(2)5-9(10)8-3-4-11-6-8/h7-9H,3-6,10H2,1-2H3. The molecule has 2 heteroatoms. The molecule has 0 bridgehead atoms. The normalized spacial score (nSPS) is 27.8. The lowest BCUT2D eigenvalue weighted by molar-refractivity contribution is 0.390. The summed E-state index contributed by atoms with van der Waals surface area (Å²) in [5.74, 6) is 4.20. The summed E-state index contributed by atoms with van der Waals surface area (Å²) in [4.78, 5) is 0. The SMILES string of the molecule is CC(C)CC(N)C1CCSC1. The topological polar surface area (TPSA) is 26.0 Å². The summed E-state index contributed by atoms with van der Waals surface area (Å²) in [5, 5.41) is 0. The van der Waals surface area contributed by atoms with E-state index in [9.17, 15) is 0 Å². The fourth-order valence-corrected chi connectivity index (χ4v) is 2.98. The average molecular weight is 173 g/mol. The second kappa shape index (κ2) is 4.36. The minimum absolute atomic E-state index is 0.463. The summed E-state index contributed by atoms with van der Waals surface area (Å²) in [5.41, 5.74) is 6.07. The molecule has 1 heterocycles. The van der Waals surface area contributed by atoms with Crippen LogP contribution in [0.3, 0.4) is 0 Å². The van der Waals surface area contributed by atoms with E-state index in [1.54, 1.807) is 0 Å². The lowest BCUT2D eigenvalue weighted by atomic mass is 9.92. The molecule has 0 aromatic heterocycles. The van der Waals surface area contributed by atoms with Crippen LogP contribution in [0.1, 0.15) is 26.7 Å². The third-order valence-electron chi connectivity index (χ3n) is 2.31. The molecule has 0 saturated carbocycles. The van der Waals surface area contributed by atoms with Gasteiger partial charge in [-0.15, -0.1) is 0 Å². The molecule has 2 unspecified atom stereocenters. The van der Waals surface area contributed by atoms with E-state index in [2.05, 4.69) is 25.6 Å². The Labute approximate surface area is 74.1 Å². The van der Waals surface area contributed by atoms with Gasteiger partial charge in [0.15, 0.2) is 0 Å². The van der Waals surface area contributed by atoms with Crippen LogP contribution in [0.25, 0.3) is 0 Å². The maximum absolute atomic E-state index is 6.07. The van der Waals surface area contributed by atoms with Crippen molar-refractivity contribution in [1.29, 1.82) is 0 Å². The molecule has 0 aromatic rings. The highest BCUT2D eigenvalue weighted by atomic mass is 32.2. The van der Waals surface area contributed by atoms with Crippen molar-refractivity contribution in [3.8, 4) is 0 Å². The molecule has 66 valence electrons. The van der Waals surface area contributed by atoms with E-state index >= 15 is 0 Å². The van der Waals surface area contributed by atoms with Crippen molar-refractivity contribution in [3.63, 3.8) is 0 Å². The van der Waals surface area contributed by atoms with Crippen molar-refractivity contribution in [2.45, 2.75) is 32.7 Å². The highest BCUT2D eigenvalue weighted by Crippen LogP contribution is 2.27. The zero-order chi connectivity index (χ0) is 8.27. The van der Waals surface area contributed by atoms with Crippen LogP contribution in [0.2, 0.25) is 0 Å². The fourth-order valence-electron chi connectivity index (χ4n) is 1.63. The van der Waals surface area contributed by atoms with E-state index in [1.807, 2.05) is 0 Å². The van der Waals surface area contributed by atoms with Crippen molar-refractivity contribution in [2.75, 3.05) is 11.5 Å². The zero-order valence-corrected chi connectivity index (χ0v) is 8.36. The molecule has 0 aromatic carbocycles. The largest absolute Gasteiger partial charge is 0.327 e. The molecule has 1 saturated heterocycles. The molecule has 1 aliphatic rings. The summed E-state index contributed by atoms with van der Waals surface area (Å²) >= 11 is 2.06. The van der Waals surface area contributed by atoms with Gasteiger partial charge in [0.2, 0.25) is 0 Å². The molecule has 0 amide bonds. The Bertz CT molecular complexity index is 108. The first-order chi connectivity index (χ1) is 5.20. The van der Waals surface area contributed by atoms with Crippen molar-refractivity contribution < 1.29 is 0 Å². The van der Waals surface area contributed by atoms with Gasteiger partial charge in [0.05, 0.1) is 0 Å². The maximum atomic E-state index is 6.07. The van der Waals surface area contributed by atoms with Gasteiger partial charge in [-0.05, 0) is 36.2 Å². The van der Waals surface area contributed by atoms with Crippen LogP contribution < -0.4 is 5.73 Å². The van der Waals surface area contributed by atoms with Gasteiger partial charge in [-0.1, -0.05) is 13.8 Å². The predicted molar refractivity (Wildman–Crippen MR) is 52.9 cm³/mol. The van der Waals surface area contributed by atoms with E-state index in [1.165, 1.54) is 24.3 Å². The first-order valence-electron chi connectivity index (χ1n) is 4.53. The van der Waals surface area contributed by atoms with Gasteiger partial charge in [0.1, 0.15) is 0 Å². The third-order valence-corrected chi connectivity index (χ3v) is 3.50. The van der Waals surface area contributed by atoms with E-state index in [4.69, 9.17) is 5.73 Å². The zero-order valence-electron chi connectivity index (χ0n) is 7.55. The first kappa shape index (κ1) is 9.40. The molecule has 2 N–H and O–H groups in total. The number of nitrogens with two attached hydrogens (primary N) is 1. The van der Waals surface area contributed by atoms with E-state index in [0.717, 1.165) is 11.8 Å². The Morgan fingerprint density at radius 3 is 2.73 bits per heavy atom. The molecular weight excluding hydrogens is 154 g/mol. The summed E-state index contributed by atoms with van der Waals surface area (Å²) in [6.07, 6.45) is 2.55. The van der Waals surface area contributed by atoms with Gasteiger partial charge < -0.3 is 5.73 Å². The monoisotopic (exact) mass is 173 g/mol. The minimum Gasteiger partial charge on any atom is -0.327 e. The third kappa shape index (κ3) is 3.04. The summed E-state index contributed by atoms with van der Waals surface area (Å²) in [6, 6.07) is 0.463. The number of hydrogen-bond acceptors (Lipinski definition) is 2.